The second kappa shape index (κ2) is 7.23. The van der Waals surface area contributed by atoms with Crippen LogP contribution in [0.2, 0.25) is 0 Å². The molecule has 0 unspecified atom stereocenters. The Morgan fingerprint density at radius 1 is 0.933 bits per heavy atom. The highest BCUT2D eigenvalue weighted by atomic mass is 16.5. The zero-order valence-corrected chi connectivity index (χ0v) is 18.6. The molecule has 0 radical (unpaired) electrons. The van der Waals surface area contributed by atoms with E-state index in [1.54, 1.807) is 12.1 Å². The number of Topliss-reactive ketones (excluding diaryl/α,β-unsaturated/α-hetero) is 1. The first kappa shape index (κ1) is 20.6. The number of carbonyl (C=O) groups excluding carboxylic acids is 2. The average molecular weight is 403 g/mol. The van der Waals surface area contributed by atoms with Gasteiger partial charge in [-0.15, -0.1) is 0 Å². The smallest absolute Gasteiger partial charge is 0.337 e. The molecule has 3 heteroatoms. The summed E-state index contributed by atoms with van der Waals surface area (Å²) in [6.45, 7) is 9.23. The summed E-state index contributed by atoms with van der Waals surface area (Å²) in [6, 6.07) is 11.7. The summed E-state index contributed by atoms with van der Waals surface area (Å²) in [5.74, 6) is -0.220. The van der Waals surface area contributed by atoms with Gasteiger partial charge < -0.3 is 4.74 Å². The minimum absolute atomic E-state index is 0.0885. The third kappa shape index (κ3) is 3.51. The Morgan fingerprint density at radius 2 is 1.53 bits per heavy atom. The lowest BCUT2D eigenvalue weighted by Gasteiger charge is -2.42. The number of aryl methyl sites for hydroxylation is 1. The van der Waals surface area contributed by atoms with Crippen LogP contribution in [0.15, 0.2) is 42.0 Å². The third-order valence-corrected chi connectivity index (χ3v) is 6.95. The Balaban J connectivity index is 1.70. The van der Waals surface area contributed by atoms with Crippen LogP contribution in [-0.2, 0) is 22.0 Å². The van der Waals surface area contributed by atoms with Crippen LogP contribution in [0.25, 0.3) is 6.08 Å². The number of allylic oxidation sites excluding steroid dienone is 1. The van der Waals surface area contributed by atoms with Crippen molar-refractivity contribution in [3.05, 3.63) is 75.4 Å². The lowest BCUT2D eigenvalue weighted by Crippen LogP contribution is -2.35. The molecule has 156 valence electrons. The number of esters is 1. The molecule has 0 saturated heterocycles. The monoisotopic (exact) mass is 402 g/mol. The summed E-state index contributed by atoms with van der Waals surface area (Å²) in [6.07, 6.45) is 5.90. The van der Waals surface area contributed by atoms with E-state index in [1.807, 2.05) is 18.2 Å². The summed E-state index contributed by atoms with van der Waals surface area (Å²) in [4.78, 5) is 25.0. The van der Waals surface area contributed by atoms with Crippen LogP contribution < -0.4 is 0 Å². The van der Waals surface area contributed by atoms with E-state index in [9.17, 15) is 9.59 Å². The number of rotatable bonds is 2. The van der Waals surface area contributed by atoms with Crippen molar-refractivity contribution in [1.82, 2.24) is 0 Å². The highest BCUT2D eigenvalue weighted by Crippen LogP contribution is 2.47. The molecule has 0 fully saturated rings. The molecule has 2 aliphatic carbocycles. The second-order valence-electron chi connectivity index (χ2n) is 9.93. The fourth-order valence-corrected chi connectivity index (χ4v) is 4.80. The standard InChI is InChI=1S/C27H30O3/c1-26(2)12-13-27(3,4)23-16-21-19(15-22(23)26)10-11-20(24(21)28)14-17-6-8-18(9-7-17)25(29)30-5/h6-9,14-16H,10-13H2,1-5H3/b20-14+. The van der Waals surface area contributed by atoms with Gasteiger partial charge in [-0.05, 0) is 83.0 Å². The van der Waals surface area contributed by atoms with Crippen LogP contribution in [0, 0.1) is 0 Å². The van der Waals surface area contributed by atoms with Gasteiger partial charge in [0, 0.05) is 11.1 Å². The Morgan fingerprint density at radius 3 is 2.13 bits per heavy atom. The molecule has 0 amide bonds. The lowest BCUT2D eigenvalue weighted by atomic mass is 9.62. The van der Waals surface area contributed by atoms with E-state index in [1.165, 1.54) is 30.2 Å². The SMILES string of the molecule is COC(=O)c1ccc(/C=C2\CCc3cc4c(cc3C2=O)C(C)(C)CCC4(C)C)cc1. The van der Waals surface area contributed by atoms with Crippen LogP contribution in [0.3, 0.4) is 0 Å². The first-order valence-corrected chi connectivity index (χ1v) is 10.7. The van der Waals surface area contributed by atoms with Crippen molar-refractivity contribution >= 4 is 17.8 Å². The number of hydrogen-bond donors (Lipinski definition) is 0. The zero-order chi connectivity index (χ0) is 21.7. The van der Waals surface area contributed by atoms with Crippen molar-refractivity contribution < 1.29 is 14.3 Å². The number of hydrogen-bond acceptors (Lipinski definition) is 3. The molecule has 2 aliphatic rings. The zero-order valence-electron chi connectivity index (χ0n) is 18.6. The molecule has 2 aromatic rings. The fraction of sp³-hybridized carbons (Fsp3) is 0.407. The van der Waals surface area contributed by atoms with E-state index >= 15 is 0 Å². The number of fused-ring (bicyclic) bond motifs is 2. The average Bonchev–Trinajstić information content (AvgIpc) is 2.73. The van der Waals surface area contributed by atoms with Gasteiger partial charge in [-0.2, -0.15) is 0 Å². The molecule has 0 bridgehead atoms. The molecule has 0 N–H and O–H groups in total. The van der Waals surface area contributed by atoms with Gasteiger partial charge in [0.05, 0.1) is 12.7 Å². The van der Waals surface area contributed by atoms with E-state index in [-0.39, 0.29) is 22.6 Å². The van der Waals surface area contributed by atoms with Crippen molar-refractivity contribution in [3.8, 4) is 0 Å². The summed E-state index contributed by atoms with van der Waals surface area (Å²) in [5.41, 5.74) is 7.30. The normalized spacial score (nSPS) is 20.4. The number of carbonyl (C=O) groups is 2. The maximum atomic E-state index is 13.4. The quantitative estimate of drug-likeness (QED) is 0.455. The number of methoxy groups -OCH3 is 1. The van der Waals surface area contributed by atoms with Crippen LogP contribution in [0.4, 0.5) is 0 Å². The predicted octanol–water partition coefficient (Wildman–Crippen LogP) is 6.03. The van der Waals surface area contributed by atoms with Crippen molar-refractivity contribution in [1.29, 1.82) is 0 Å². The van der Waals surface area contributed by atoms with Gasteiger partial charge in [-0.1, -0.05) is 45.9 Å². The van der Waals surface area contributed by atoms with E-state index in [0.29, 0.717) is 5.56 Å². The van der Waals surface area contributed by atoms with E-state index in [2.05, 4.69) is 39.8 Å². The molecular formula is C27H30O3. The Kier molecular flexibility index (Phi) is 4.96. The Labute approximate surface area is 179 Å². The number of benzene rings is 2. The molecule has 0 atom stereocenters. The molecule has 0 saturated carbocycles. The number of ketones is 1. The molecule has 3 nitrogen and oxygen atoms in total. The molecule has 30 heavy (non-hydrogen) atoms. The van der Waals surface area contributed by atoms with Gasteiger partial charge in [-0.3, -0.25) is 4.79 Å². The number of ether oxygens (including phenoxy) is 1. The summed E-state index contributed by atoms with van der Waals surface area (Å²) in [5, 5.41) is 0. The minimum Gasteiger partial charge on any atom is -0.465 e. The minimum atomic E-state index is -0.354. The van der Waals surface area contributed by atoms with Crippen molar-refractivity contribution in [2.45, 2.75) is 64.2 Å². The maximum absolute atomic E-state index is 13.4. The molecule has 2 aromatic carbocycles. The molecule has 0 aromatic heterocycles. The van der Waals surface area contributed by atoms with Gasteiger partial charge >= 0.3 is 5.97 Å². The summed E-state index contributed by atoms with van der Waals surface area (Å²) < 4.78 is 4.75. The van der Waals surface area contributed by atoms with E-state index < -0.39 is 0 Å². The van der Waals surface area contributed by atoms with Gasteiger partial charge in [0.25, 0.3) is 0 Å². The van der Waals surface area contributed by atoms with Crippen molar-refractivity contribution in [3.63, 3.8) is 0 Å². The van der Waals surface area contributed by atoms with Gasteiger partial charge in [-0.25, -0.2) is 4.79 Å². The first-order valence-electron chi connectivity index (χ1n) is 10.7. The third-order valence-electron chi connectivity index (χ3n) is 6.95. The first-order chi connectivity index (χ1) is 14.1. The van der Waals surface area contributed by atoms with Gasteiger partial charge in [0.2, 0.25) is 0 Å². The topological polar surface area (TPSA) is 43.4 Å². The van der Waals surface area contributed by atoms with E-state index in [4.69, 9.17) is 4.74 Å². The molecule has 4 rings (SSSR count). The fourth-order valence-electron chi connectivity index (χ4n) is 4.80. The van der Waals surface area contributed by atoms with Crippen LogP contribution in [0.5, 0.6) is 0 Å². The van der Waals surface area contributed by atoms with Crippen LogP contribution >= 0.6 is 0 Å². The molecule has 0 aliphatic heterocycles. The predicted molar refractivity (Wildman–Crippen MR) is 120 cm³/mol. The Bertz CT molecular complexity index is 1050. The molecule has 0 spiro atoms. The maximum Gasteiger partial charge on any atom is 0.337 e. The second-order valence-corrected chi connectivity index (χ2v) is 9.93. The van der Waals surface area contributed by atoms with Crippen LogP contribution in [-0.4, -0.2) is 18.9 Å². The molecule has 0 heterocycles. The summed E-state index contributed by atoms with van der Waals surface area (Å²) in [7, 11) is 1.37. The van der Waals surface area contributed by atoms with Gasteiger partial charge in [0.15, 0.2) is 5.78 Å². The molecular weight excluding hydrogens is 372 g/mol. The van der Waals surface area contributed by atoms with Crippen molar-refractivity contribution in [2.75, 3.05) is 7.11 Å². The van der Waals surface area contributed by atoms with E-state index in [0.717, 1.165) is 36.0 Å². The van der Waals surface area contributed by atoms with Crippen molar-refractivity contribution in [2.24, 2.45) is 0 Å². The Hall–Kier alpha value is -2.68. The van der Waals surface area contributed by atoms with Gasteiger partial charge in [0.1, 0.15) is 0 Å². The summed E-state index contributed by atoms with van der Waals surface area (Å²) >= 11 is 0. The van der Waals surface area contributed by atoms with Crippen LogP contribution in [0.1, 0.15) is 89.9 Å². The lowest BCUT2D eigenvalue weighted by molar-refractivity contribution is 0.0600. The largest absolute Gasteiger partial charge is 0.465 e. The highest BCUT2D eigenvalue weighted by Gasteiger charge is 2.38. The highest BCUT2D eigenvalue weighted by molar-refractivity contribution is 6.13.